The highest BCUT2D eigenvalue weighted by Gasteiger charge is 2.41. The third kappa shape index (κ3) is 5.09. The van der Waals surface area contributed by atoms with E-state index in [9.17, 15) is 14.0 Å². The van der Waals surface area contributed by atoms with Gasteiger partial charge in [-0.25, -0.2) is 13.5 Å². The van der Waals surface area contributed by atoms with Gasteiger partial charge in [0.15, 0.2) is 0 Å². The molecule has 2 aliphatic heterocycles. The minimum Gasteiger partial charge on any atom is -0.341 e. The molecule has 1 atom stereocenters. The van der Waals surface area contributed by atoms with E-state index in [2.05, 4.69) is 0 Å². The van der Waals surface area contributed by atoms with E-state index in [4.69, 9.17) is 5.10 Å². The van der Waals surface area contributed by atoms with E-state index in [1.54, 1.807) is 9.58 Å². The van der Waals surface area contributed by atoms with E-state index in [1.165, 1.54) is 28.8 Å². The first-order valence-corrected chi connectivity index (χ1v) is 14.4. The van der Waals surface area contributed by atoms with Gasteiger partial charge in [-0.2, -0.15) is 5.10 Å². The minimum atomic E-state index is -0.674. The van der Waals surface area contributed by atoms with Gasteiger partial charge in [-0.1, -0.05) is 39.0 Å². The fraction of sp³-hybridized carbons (Fsp3) is 0.433. The molecule has 6 nitrogen and oxygen atoms in total. The summed E-state index contributed by atoms with van der Waals surface area (Å²) in [6.45, 7) is 11.3. The molecule has 3 aromatic rings. The van der Waals surface area contributed by atoms with Gasteiger partial charge in [0.25, 0.3) is 0 Å². The zero-order valence-electron chi connectivity index (χ0n) is 23.1. The Kier molecular flexibility index (Phi) is 7.31. The molecule has 1 fully saturated rings. The van der Waals surface area contributed by atoms with Gasteiger partial charge in [0.05, 0.1) is 22.4 Å². The molecule has 39 heavy (non-hydrogen) atoms. The van der Waals surface area contributed by atoms with Gasteiger partial charge in [0.1, 0.15) is 24.0 Å². The smallest absolute Gasteiger partial charge is 0.242 e. The Bertz CT molecular complexity index is 1440. The van der Waals surface area contributed by atoms with Gasteiger partial charge < -0.3 is 4.90 Å². The highest BCUT2D eigenvalue weighted by molar-refractivity contribution is 8.00. The molecule has 0 saturated carbocycles. The Morgan fingerprint density at radius 1 is 1.10 bits per heavy atom. The van der Waals surface area contributed by atoms with E-state index >= 15 is 4.39 Å². The Balaban J connectivity index is 1.80. The monoisotopic (exact) mass is 552 g/mol. The lowest BCUT2D eigenvalue weighted by Gasteiger charge is -2.26. The molecule has 0 unspecified atom stereocenters. The third-order valence-electron chi connectivity index (χ3n) is 7.60. The van der Waals surface area contributed by atoms with Crippen LogP contribution in [0.2, 0.25) is 0 Å². The normalized spacial score (nSPS) is 17.9. The third-order valence-corrected chi connectivity index (χ3v) is 8.84. The number of anilines is 1. The topological polar surface area (TPSA) is 58.4 Å². The fourth-order valence-electron chi connectivity index (χ4n) is 5.37. The molecule has 0 bridgehead atoms. The van der Waals surface area contributed by atoms with Crippen LogP contribution < -0.4 is 4.90 Å². The molecule has 5 rings (SSSR count). The van der Waals surface area contributed by atoms with Crippen molar-refractivity contribution in [1.82, 2.24) is 14.7 Å². The average molecular weight is 553 g/mol. The minimum absolute atomic E-state index is 0.0415. The van der Waals surface area contributed by atoms with E-state index < -0.39 is 22.3 Å². The Hall–Kier alpha value is -3.20. The number of amides is 2. The van der Waals surface area contributed by atoms with Crippen molar-refractivity contribution in [3.05, 3.63) is 76.0 Å². The van der Waals surface area contributed by atoms with Crippen molar-refractivity contribution in [2.24, 2.45) is 0 Å². The van der Waals surface area contributed by atoms with Gasteiger partial charge in [0.2, 0.25) is 11.8 Å². The first kappa shape index (κ1) is 27.4. The van der Waals surface area contributed by atoms with E-state index in [0.717, 1.165) is 35.7 Å². The van der Waals surface area contributed by atoms with Gasteiger partial charge in [-0.05, 0) is 49.9 Å². The van der Waals surface area contributed by atoms with Crippen molar-refractivity contribution in [3.8, 4) is 5.69 Å². The quantitative estimate of drug-likeness (QED) is 0.407. The van der Waals surface area contributed by atoms with Crippen molar-refractivity contribution in [2.75, 3.05) is 30.3 Å². The summed E-state index contributed by atoms with van der Waals surface area (Å²) in [5.41, 5.74) is 4.03. The number of aryl methyl sites for hydroxylation is 1. The second-order valence-corrected chi connectivity index (χ2v) is 12.5. The molecular weight excluding hydrogens is 518 g/mol. The number of aromatic nitrogens is 2. The molecule has 0 spiro atoms. The molecular formula is C30H34F2N4O2S. The maximum Gasteiger partial charge on any atom is 0.242 e. The molecule has 0 N–H and O–H groups in total. The summed E-state index contributed by atoms with van der Waals surface area (Å²) in [5, 5.41) is 4.46. The molecule has 1 saturated heterocycles. The summed E-state index contributed by atoms with van der Waals surface area (Å²) < 4.78 is 31.0. The van der Waals surface area contributed by atoms with Crippen LogP contribution in [0, 0.1) is 25.5 Å². The molecule has 1 aromatic heterocycles. The van der Waals surface area contributed by atoms with Crippen LogP contribution in [-0.2, 0) is 15.0 Å². The number of hydrogen-bond acceptors (Lipinski definition) is 4. The first-order valence-electron chi connectivity index (χ1n) is 13.3. The van der Waals surface area contributed by atoms with E-state index in [-0.39, 0.29) is 29.7 Å². The Morgan fingerprint density at radius 2 is 1.82 bits per heavy atom. The average Bonchev–Trinajstić information content (AvgIpc) is 3.52. The first-order chi connectivity index (χ1) is 18.5. The number of nitrogens with zero attached hydrogens (tertiary/aromatic N) is 4. The van der Waals surface area contributed by atoms with Crippen LogP contribution in [0.3, 0.4) is 0 Å². The second kappa shape index (κ2) is 10.4. The largest absolute Gasteiger partial charge is 0.341 e. The van der Waals surface area contributed by atoms with E-state index in [0.29, 0.717) is 30.2 Å². The number of hydrogen-bond donors (Lipinski definition) is 0. The Labute approximate surface area is 232 Å². The summed E-state index contributed by atoms with van der Waals surface area (Å²) in [6.07, 6.45) is 1.89. The lowest BCUT2D eigenvalue weighted by Crippen LogP contribution is -2.43. The second-order valence-electron chi connectivity index (χ2n) is 11.4. The van der Waals surface area contributed by atoms with Gasteiger partial charge in [-0.15, -0.1) is 11.8 Å². The number of rotatable bonds is 4. The van der Waals surface area contributed by atoms with Crippen molar-refractivity contribution < 1.29 is 18.4 Å². The number of likely N-dealkylation sites (tertiary alicyclic amines) is 1. The van der Waals surface area contributed by atoms with Crippen molar-refractivity contribution in [1.29, 1.82) is 0 Å². The number of benzene rings is 2. The lowest BCUT2D eigenvalue weighted by molar-refractivity contribution is -0.130. The number of thioether (sulfide) groups is 1. The zero-order chi connectivity index (χ0) is 28.1. The highest BCUT2D eigenvalue weighted by Crippen LogP contribution is 2.49. The predicted octanol–water partition coefficient (Wildman–Crippen LogP) is 5.86. The Morgan fingerprint density at radius 3 is 2.49 bits per heavy atom. The SMILES string of the molecule is Cc1cccc(-n2nc(C(C)(C)C)c3c2N(CC(=O)N2CCCC2)C(=O)CS[C@@H]3c2ccc(F)cc2F)c1C. The summed E-state index contributed by atoms with van der Waals surface area (Å²) in [7, 11) is 0. The van der Waals surface area contributed by atoms with Crippen LogP contribution in [0.15, 0.2) is 36.4 Å². The summed E-state index contributed by atoms with van der Waals surface area (Å²) >= 11 is 1.29. The molecule has 0 aliphatic carbocycles. The van der Waals surface area contributed by atoms with Gasteiger partial charge in [0, 0.05) is 35.7 Å². The number of fused-ring (bicyclic) bond motifs is 1. The van der Waals surface area contributed by atoms with Crippen LogP contribution in [0.1, 0.15) is 66.8 Å². The van der Waals surface area contributed by atoms with Crippen LogP contribution in [0.5, 0.6) is 0 Å². The van der Waals surface area contributed by atoms with Gasteiger partial charge >= 0.3 is 0 Å². The van der Waals surface area contributed by atoms with Crippen molar-refractivity contribution in [2.45, 2.75) is 58.1 Å². The predicted molar refractivity (Wildman–Crippen MR) is 151 cm³/mol. The maximum atomic E-state index is 15.3. The van der Waals surface area contributed by atoms with Gasteiger partial charge in [-0.3, -0.25) is 14.5 Å². The standard InChI is InChI=1S/C30H34F2N4O2S/c1-18-9-8-10-23(19(18)2)36-29-26(28(33-36)30(3,4)5)27(21-12-11-20(31)15-22(21)32)39-17-25(38)35(29)16-24(37)34-13-6-7-14-34/h8-12,15,27H,6-7,13-14,16-17H2,1-5H3/t27-/m1/s1. The van der Waals surface area contributed by atoms with Crippen LogP contribution in [0.4, 0.5) is 14.6 Å². The molecule has 3 heterocycles. The van der Waals surface area contributed by atoms with Crippen molar-refractivity contribution >= 4 is 29.4 Å². The molecule has 2 aliphatic rings. The van der Waals surface area contributed by atoms with Crippen molar-refractivity contribution in [3.63, 3.8) is 0 Å². The number of carbonyl (C=O) groups is 2. The van der Waals surface area contributed by atoms with Crippen LogP contribution in [-0.4, -0.2) is 51.9 Å². The molecule has 2 aromatic carbocycles. The summed E-state index contributed by atoms with van der Waals surface area (Å²) in [4.78, 5) is 30.5. The highest BCUT2D eigenvalue weighted by atomic mass is 32.2. The summed E-state index contributed by atoms with van der Waals surface area (Å²) in [5.74, 6) is -1.18. The van der Waals surface area contributed by atoms with E-state index in [1.807, 2.05) is 52.8 Å². The molecule has 0 radical (unpaired) electrons. The number of carbonyl (C=O) groups excluding carboxylic acids is 2. The summed E-state index contributed by atoms with van der Waals surface area (Å²) in [6, 6.07) is 9.46. The fourth-order valence-corrected chi connectivity index (χ4v) is 6.59. The van der Waals surface area contributed by atoms with Crippen LogP contribution >= 0.6 is 11.8 Å². The van der Waals surface area contributed by atoms with Crippen LogP contribution in [0.25, 0.3) is 5.69 Å². The zero-order valence-corrected chi connectivity index (χ0v) is 23.9. The molecule has 2 amide bonds. The molecule has 9 heteroatoms. The maximum absolute atomic E-state index is 15.3. The lowest BCUT2D eigenvalue weighted by atomic mass is 9.87. The number of halogens is 2. The molecule has 206 valence electrons.